The van der Waals surface area contributed by atoms with E-state index in [9.17, 15) is 5.21 Å². The number of nitriles is 1. The number of hydrogen-bond donors (Lipinski definition) is 1. The summed E-state index contributed by atoms with van der Waals surface area (Å²) in [5.74, 6) is 0. The van der Waals surface area contributed by atoms with Crippen LogP contribution >= 0.6 is 11.3 Å². The van der Waals surface area contributed by atoms with Gasteiger partial charge in [-0.2, -0.15) is 10.2 Å². The first-order valence-corrected chi connectivity index (χ1v) is 8.80. The van der Waals surface area contributed by atoms with Crippen molar-refractivity contribution in [3.05, 3.63) is 59.3 Å². The second-order valence-corrected chi connectivity index (χ2v) is 7.30. The molecule has 4 rings (SSSR count). The van der Waals surface area contributed by atoms with Crippen LogP contribution in [0.4, 0.5) is 10.8 Å². The average molecular weight is 351 g/mol. The number of thiazole rings is 1. The molecule has 7 heteroatoms. The maximum atomic E-state index is 13.7. The lowest BCUT2D eigenvalue weighted by molar-refractivity contribution is 0.323. The average Bonchev–Trinajstić information content (AvgIpc) is 3.17. The molecule has 6 nitrogen and oxygen atoms in total. The van der Waals surface area contributed by atoms with Gasteiger partial charge < -0.3 is 10.5 Å². The molecule has 2 unspecified atom stereocenters. The Morgan fingerprint density at radius 1 is 1.28 bits per heavy atom. The molecular formula is C18H17N5OS. The summed E-state index contributed by atoms with van der Waals surface area (Å²) < 4.78 is 0.507. The van der Waals surface area contributed by atoms with Crippen molar-refractivity contribution < 1.29 is 0 Å². The van der Waals surface area contributed by atoms with Crippen LogP contribution in [-0.4, -0.2) is 36.3 Å². The molecule has 1 N–H and O–H groups in total. The van der Waals surface area contributed by atoms with E-state index in [1.165, 1.54) is 11.3 Å². The molecule has 3 aromatic rings. The minimum atomic E-state index is -0.518. The molecular weight excluding hydrogens is 334 g/mol. The van der Waals surface area contributed by atoms with E-state index < -0.39 is 4.65 Å². The summed E-state index contributed by atoms with van der Waals surface area (Å²) in [6, 6.07) is 17.1. The molecule has 0 spiro atoms. The summed E-state index contributed by atoms with van der Waals surface area (Å²) in [4.78, 5) is 6.60. The van der Waals surface area contributed by atoms with Gasteiger partial charge in [0.25, 0.3) is 5.13 Å². The van der Waals surface area contributed by atoms with Crippen LogP contribution < -0.4 is 9.96 Å². The monoisotopic (exact) mass is 351 g/mol. The van der Waals surface area contributed by atoms with E-state index in [0.29, 0.717) is 23.9 Å². The number of anilines is 1. The predicted octanol–water partition coefficient (Wildman–Crippen LogP) is 3.31. The molecule has 0 radical (unpaired) electrons. The van der Waals surface area contributed by atoms with Crippen molar-refractivity contribution >= 4 is 32.4 Å². The van der Waals surface area contributed by atoms with E-state index in [4.69, 9.17) is 5.26 Å². The summed E-state index contributed by atoms with van der Waals surface area (Å²) in [7, 11) is 1.94. The van der Waals surface area contributed by atoms with Gasteiger partial charge in [0.2, 0.25) is 0 Å². The van der Waals surface area contributed by atoms with Gasteiger partial charge in [0, 0.05) is 5.69 Å². The van der Waals surface area contributed by atoms with E-state index >= 15 is 0 Å². The minimum Gasteiger partial charge on any atom is -0.623 e. The number of aromatic nitrogens is 1. The maximum Gasteiger partial charge on any atom is 0.290 e. The van der Waals surface area contributed by atoms with Crippen molar-refractivity contribution in [3.8, 4) is 6.07 Å². The van der Waals surface area contributed by atoms with Gasteiger partial charge in [-0.3, -0.25) is 9.55 Å². The highest BCUT2D eigenvalue weighted by Gasteiger charge is 2.42. The van der Waals surface area contributed by atoms with Gasteiger partial charge in [0.15, 0.2) is 6.17 Å². The van der Waals surface area contributed by atoms with Gasteiger partial charge in [-0.05, 0) is 43.4 Å². The second kappa shape index (κ2) is 6.10. The summed E-state index contributed by atoms with van der Waals surface area (Å²) in [6.45, 7) is 0.979. The van der Waals surface area contributed by atoms with Crippen LogP contribution in [-0.2, 0) is 0 Å². The number of nitrogens with zero attached hydrogens (tertiary/aromatic N) is 4. The van der Waals surface area contributed by atoms with Gasteiger partial charge in [-0.1, -0.05) is 23.5 Å². The number of hydrogen-bond acceptors (Lipinski definition) is 6. The fraction of sp³-hybridized carbons (Fsp3) is 0.222. The Balaban J connectivity index is 1.66. The standard InChI is InChI=1S/C18H17N5OS/c1-22-11-17(20-14-8-6-13(10-19)7-9-14)23(24,12-22)18-21-15-4-2-3-5-16(15)25-18/h2-9,17,20H,11-12H2,1H3. The normalized spacial score (nSPS) is 23.6. The number of hydroxylamine groups is 2. The lowest BCUT2D eigenvalue weighted by atomic mass is 10.2. The molecule has 1 aliphatic heterocycles. The van der Waals surface area contributed by atoms with Gasteiger partial charge >= 0.3 is 0 Å². The van der Waals surface area contributed by atoms with Crippen molar-refractivity contribution in [2.45, 2.75) is 6.17 Å². The van der Waals surface area contributed by atoms with Crippen LogP contribution in [0.25, 0.3) is 10.2 Å². The highest BCUT2D eigenvalue weighted by Crippen LogP contribution is 2.37. The van der Waals surface area contributed by atoms with Crippen molar-refractivity contribution in [2.24, 2.45) is 0 Å². The predicted molar refractivity (Wildman–Crippen MR) is 101 cm³/mol. The molecule has 126 valence electrons. The smallest absolute Gasteiger partial charge is 0.290 e. The van der Waals surface area contributed by atoms with Crippen LogP contribution in [0.2, 0.25) is 0 Å². The summed E-state index contributed by atoms with van der Waals surface area (Å²) in [5, 5.41) is 26.5. The number of rotatable bonds is 3. The molecule has 2 atom stereocenters. The Morgan fingerprint density at radius 2 is 2.04 bits per heavy atom. The zero-order chi connectivity index (χ0) is 17.4. The molecule has 1 aliphatic rings. The van der Waals surface area contributed by atoms with Crippen molar-refractivity contribution in [3.63, 3.8) is 0 Å². The van der Waals surface area contributed by atoms with Gasteiger partial charge in [0.05, 0.1) is 28.4 Å². The van der Waals surface area contributed by atoms with E-state index in [1.807, 2.05) is 48.3 Å². The van der Waals surface area contributed by atoms with Crippen LogP contribution in [0, 0.1) is 16.5 Å². The van der Waals surface area contributed by atoms with Gasteiger partial charge in [0.1, 0.15) is 6.67 Å². The summed E-state index contributed by atoms with van der Waals surface area (Å²) >= 11 is 1.45. The van der Waals surface area contributed by atoms with Crippen molar-refractivity contribution in [1.82, 2.24) is 14.5 Å². The second-order valence-electron chi connectivity index (χ2n) is 6.29. The lowest BCUT2D eigenvalue weighted by Gasteiger charge is -2.40. The molecule has 0 aliphatic carbocycles. The molecule has 25 heavy (non-hydrogen) atoms. The molecule has 1 fully saturated rings. The summed E-state index contributed by atoms with van der Waals surface area (Å²) in [6.07, 6.45) is -0.349. The van der Waals surface area contributed by atoms with Crippen LogP contribution in [0.5, 0.6) is 0 Å². The first-order chi connectivity index (χ1) is 12.1. The third-order valence-corrected chi connectivity index (χ3v) is 5.54. The number of nitrogens with one attached hydrogen (secondary N) is 1. The Hall–Kier alpha value is -2.50. The number of benzene rings is 2. The quantitative estimate of drug-likeness (QED) is 0.579. The zero-order valence-electron chi connectivity index (χ0n) is 13.7. The zero-order valence-corrected chi connectivity index (χ0v) is 14.5. The van der Waals surface area contributed by atoms with Crippen molar-refractivity contribution in [2.75, 3.05) is 25.6 Å². The molecule has 1 aromatic heterocycles. The molecule has 2 aromatic carbocycles. The fourth-order valence-electron chi connectivity index (χ4n) is 3.14. The molecule has 0 bridgehead atoms. The Labute approximate surface area is 149 Å². The highest BCUT2D eigenvalue weighted by atomic mass is 32.1. The van der Waals surface area contributed by atoms with E-state index in [-0.39, 0.29) is 6.17 Å². The van der Waals surface area contributed by atoms with Crippen molar-refractivity contribution in [1.29, 1.82) is 5.26 Å². The number of fused-ring (bicyclic) bond motifs is 1. The largest absolute Gasteiger partial charge is 0.623 e. The fourth-order valence-corrected chi connectivity index (χ4v) is 4.19. The Bertz CT molecular complexity index is 915. The topological polar surface area (TPSA) is 75.0 Å². The van der Waals surface area contributed by atoms with Crippen LogP contribution in [0.3, 0.4) is 0 Å². The van der Waals surface area contributed by atoms with E-state index in [0.717, 1.165) is 15.9 Å². The maximum absolute atomic E-state index is 13.7. The SMILES string of the molecule is CN1CC(Nc2ccc(C#N)cc2)[N+]([O-])(c2nc3ccccc3s2)C1. The third kappa shape index (κ3) is 2.86. The Morgan fingerprint density at radius 3 is 2.76 bits per heavy atom. The molecule has 2 heterocycles. The van der Waals surface area contributed by atoms with E-state index in [2.05, 4.69) is 16.4 Å². The first-order valence-electron chi connectivity index (χ1n) is 7.98. The van der Waals surface area contributed by atoms with E-state index in [1.54, 1.807) is 12.1 Å². The number of likely N-dealkylation sites (N-methyl/N-ethyl adjacent to an activating group) is 1. The summed E-state index contributed by atoms with van der Waals surface area (Å²) in [5.41, 5.74) is 2.30. The third-order valence-electron chi connectivity index (χ3n) is 4.39. The minimum absolute atomic E-state index is 0.349. The van der Waals surface area contributed by atoms with Crippen LogP contribution in [0.1, 0.15) is 5.56 Å². The van der Waals surface area contributed by atoms with Crippen LogP contribution in [0.15, 0.2) is 48.5 Å². The molecule has 0 amide bonds. The van der Waals surface area contributed by atoms with Gasteiger partial charge in [-0.25, -0.2) is 0 Å². The molecule has 0 saturated carbocycles. The lowest BCUT2D eigenvalue weighted by Crippen LogP contribution is -2.52. The number of para-hydroxylation sites is 1. The molecule has 1 saturated heterocycles. The number of quaternary nitrogens is 1. The van der Waals surface area contributed by atoms with Gasteiger partial charge in [-0.15, -0.1) is 0 Å². The first kappa shape index (κ1) is 16.0. The highest BCUT2D eigenvalue weighted by molar-refractivity contribution is 7.22. The Kier molecular flexibility index (Phi) is 3.90.